The highest BCUT2D eigenvalue weighted by Gasteiger charge is 2.30. The van der Waals surface area contributed by atoms with E-state index in [4.69, 9.17) is 0 Å². The van der Waals surface area contributed by atoms with E-state index in [0.29, 0.717) is 18.2 Å². The van der Waals surface area contributed by atoms with Crippen LogP contribution in [0.2, 0.25) is 0 Å². The predicted octanol–water partition coefficient (Wildman–Crippen LogP) is 1.62. The van der Waals surface area contributed by atoms with Gasteiger partial charge in [-0.2, -0.15) is 0 Å². The van der Waals surface area contributed by atoms with Gasteiger partial charge in [-0.15, -0.1) is 0 Å². The van der Waals surface area contributed by atoms with E-state index in [0.717, 1.165) is 32.1 Å². The van der Waals surface area contributed by atoms with Crippen LogP contribution in [-0.4, -0.2) is 20.6 Å². The van der Waals surface area contributed by atoms with Gasteiger partial charge in [0.25, 0.3) is 5.56 Å². The van der Waals surface area contributed by atoms with Crippen molar-refractivity contribution in [2.24, 2.45) is 5.92 Å². The molecule has 18 heavy (non-hydrogen) atoms. The van der Waals surface area contributed by atoms with Crippen molar-refractivity contribution in [1.29, 1.82) is 0 Å². The molecule has 1 heterocycles. The molecule has 3 rings (SSSR count). The fourth-order valence-corrected chi connectivity index (χ4v) is 2.40. The summed E-state index contributed by atoms with van der Waals surface area (Å²) in [7, 11) is 0. The van der Waals surface area contributed by atoms with Gasteiger partial charge in [0.15, 0.2) is 0 Å². The molecule has 0 bridgehead atoms. The van der Waals surface area contributed by atoms with E-state index in [2.05, 4.69) is 4.98 Å². The molecule has 2 saturated carbocycles. The van der Waals surface area contributed by atoms with Crippen molar-refractivity contribution in [3.8, 4) is 0 Å². The Labute approximate surface area is 104 Å². The Kier molecular flexibility index (Phi) is 2.69. The van der Waals surface area contributed by atoms with Gasteiger partial charge in [-0.25, -0.2) is 9.78 Å². The smallest absolute Gasteiger partial charge is 0.343 e. The Bertz CT molecular complexity index is 542. The molecule has 5 heteroatoms. The minimum absolute atomic E-state index is 0.108. The van der Waals surface area contributed by atoms with Gasteiger partial charge in [-0.1, -0.05) is 6.42 Å². The molecule has 0 amide bonds. The van der Waals surface area contributed by atoms with Crippen LogP contribution in [0.3, 0.4) is 0 Å². The second-order valence-electron chi connectivity index (χ2n) is 5.34. The monoisotopic (exact) mass is 248 g/mol. The number of hydrogen-bond donors (Lipinski definition) is 1. The van der Waals surface area contributed by atoms with E-state index in [1.807, 2.05) is 0 Å². The van der Waals surface area contributed by atoms with Gasteiger partial charge in [0, 0.05) is 12.5 Å². The van der Waals surface area contributed by atoms with E-state index < -0.39 is 5.97 Å². The van der Waals surface area contributed by atoms with E-state index in [9.17, 15) is 14.7 Å². The lowest BCUT2D eigenvalue weighted by Gasteiger charge is -2.25. The van der Waals surface area contributed by atoms with Crippen molar-refractivity contribution >= 4 is 5.97 Å². The SMILES string of the molecule is O=C(O)c1c(C2CCC2)ncn(CC2CC2)c1=O. The molecule has 0 aliphatic heterocycles. The summed E-state index contributed by atoms with van der Waals surface area (Å²) in [6.45, 7) is 0.608. The number of aromatic nitrogens is 2. The summed E-state index contributed by atoms with van der Waals surface area (Å²) in [5, 5.41) is 9.24. The molecule has 0 unspecified atom stereocenters. The number of carboxylic acids is 1. The Morgan fingerprint density at radius 1 is 1.39 bits per heavy atom. The van der Waals surface area contributed by atoms with Crippen molar-refractivity contribution in [2.75, 3.05) is 0 Å². The van der Waals surface area contributed by atoms with Crippen molar-refractivity contribution in [2.45, 2.75) is 44.6 Å². The molecule has 0 spiro atoms. The summed E-state index contributed by atoms with van der Waals surface area (Å²) in [6, 6.07) is 0. The summed E-state index contributed by atoms with van der Waals surface area (Å²) in [5.41, 5.74) is -0.0000491. The standard InChI is InChI=1S/C13H16N2O3/c16-12-10(13(17)18)11(9-2-1-3-9)14-7-15(12)6-8-4-5-8/h7-9H,1-6H2,(H,17,18). The van der Waals surface area contributed by atoms with E-state index in [1.54, 1.807) is 0 Å². The number of rotatable bonds is 4. The van der Waals surface area contributed by atoms with Crippen LogP contribution in [0.1, 0.15) is 54.1 Å². The molecule has 2 aliphatic carbocycles. The number of nitrogens with zero attached hydrogens (tertiary/aromatic N) is 2. The first-order valence-corrected chi connectivity index (χ1v) is 6.49. The summed E-state index contributed by atoms with van der Waals surface area (Å²) in [6.07, 6.45) is 6.76. The highest BCUT2D eigenvalue weighted by molar-refractivity contribution is 5.88. The zero-order chi connectivity index (χ0) is 12.7. The minimum atomic E-state index is -1.14. The molecule has 96 valence electrons. The van der Waals surface area contributed by atoms with Gasteiger partial charge in [0.1, 0.15) is 5.56 Å². The van der Waals surface area contributed by atoms with E-state index in [-0.39, 0.29) is 17.0 Å². The maximum absolute atomic E-state index is 12.2. The molecular weight excluding hydrogens is 232 g/mol. The normalized spacial score (nSPS) is 19.6. The second kappa shape index (κ2) is 4.23. The van der Waals surface area contributed by atoms with Crippen molar-refractivity contribution in [3.05, 3.63) is 27.9 Å². The fourth-order valence-electron chi connectivity index (χ4n) is 2.40. The average Bonchev–Trinajstić information content (AvgIpc) is 3.03. The lowest BCUT2D eigenvalue weighted by Crippen LogP contribution is -2.31. The Morgan fingerprint density at radius 3 is 2.61 bits per heavy atom. The largest absolute Gasteiger partial charge is 0.477 e. The van der Waals surface area contributed by atoms with Crippen LogP contribution >= 0.6 is 0 Å². The Balaban J connectivity index is 2.02. The van der Waals surface area contributed by atoms with Gasteiger partial charge in [-0.05, 0) is 31.6 Å². The summed E-state index contributed by atoms with van der Waals surface area (Å²) in [5.74, 6) is -0.445. The van der Waals surface area contributed by atoms with Crippen LogP contribution in [0.5, 0.6) is 0 Å². The molecule has 1 aromatic heterocycles. The third-order valence-electron chi connectivity index (χ3n) is 3.92. The Morgan fingerprint density at radius 2 is 2.11 bits per heavy atom. The zero-order valence-electron chi connectivity index (χ0n) is 10.1. The van der Waals surface area contributed by atoms with Crippen molar-refractivity contribution in [3.63, 3.8) is 0 Å². The highest BCUT2D eigenvalue weighted by atomic mass is 16.4. The van der Waals surface area contributed by atoms with Crippen molar-refractivity contribution in [1.82, 2.24) is 9.55 Å². The quantitative estimate of drug-likeness (QED) is 0.878. The van der Waals surface area contributed by atoms with Crippen LogP contribution in [-0.2, 0) is 6.54 Å². The lowest BCUT2D eigenvalue weighted by atomic mass is 9.81. The van der Waals surface area contributed by atoms with E-state index >= 15 is 0 Å². The van der Waals surface area contributed by atoms with Gasteiger partial charge >= 0.3 is 5.97 Å². The number of aromatic carboxylic acids is 1. The third-order valence-corrected chi connectivity index (χ3v) is 3.92. The topological polar surface area (TPSA) is 72.2 Å². The summed E-state index contributed by atoms with van der Waals surface area (Å²) < 4.78 is 1.46. The third kappa shape index (κ3) is 1.94. The van der Waals surface area contributed by atoms with E-state index in [1.165, 1.54) is 10.9 Å². The van der Waals surface area contributed by atoms with Gasteiger partial charge in [-0.3, -0.25) is 9.36 Å². The van der Waals surface area contributed by atoms with Crippen LogP contribution in [0.25, 0.3) is 0 Å². The summed E-state index contributed by atoms with van der Waals surface area (Å²) in [4.78, 5) is 27.7. The first kappa shape index (κ1) is 11.4. The molecule has 1 aromatic rings. The van der Waals surface area contributed by atoms with Crippen LogP contribution < -0.4 is 5.56 Å². The second-order valence-corrected chi connectivity index (χ2v) is 5.34. The molecule has 0 radical (unpaired) electrons. The minimum Gasteiger partial charge on any atom is -0.477 e. The van der Waals surface area contributed by atoms with Crippen molar-refractivity contribution < 1.29 is 9.90 Å². The van der Waals surface area contributed by atoms with Crippen LogP contribution in [0.15, 0.2) is 11.1 Å². The lowest BCUT2D eigenvalue weighted by molar-refractivity contribution is 0.0690. The number of hydrogen-bond acceptors (Lipinski definition) is 3. The van der Waals surface area contributed by atoms with Crippen LogP contribution in [0, 0.1) is 5.92 Å². The predicted molar refractivity (Wildman–Crippen MR) is 64.8 cm³/mol. The average molecular weight is 248 g/mol. The number of carbonyl (C=O) groups is 1. The molecule has 5 nitrogen and oxygen atoms in total. The molecule has 2 aliphatic rings. The fraction of sp³-hybridized carbons (Fsp3) is 0.615. The molecule has 2 fully saturated rings. The van der Waals surface area contributed by atoms with Crippen LogP contribution in [0.4, 0.5) is 0 Å². The van der Waals surface area contributed by atoms with Gasteiger partial charge < -0.3 is 5.11 Å². The zero-order valence-corrected chi connectivity index (χ0v) is 10.1. The van der Waals surface area contributed by atoms with Gasteiger partial charge in [0.2, 0.25) is 0 Å². The first-order chi connectivity index (χ1) is 8.66. The molecule has 0 atom stereocenters. The molecule has 0 saturated heterocycles. The highest BCUT2D eigenvalue weighted by Crippen LogP contribution is 2.36. The maximum Gasteiger partial charge on any atom is 0.343 e. The molecule has 1 N–H and O–H groups in total. The Hall–Kier alpha value is -1.65. The molecule has 0 aromatic carbocycles. The molecular formula is C13H16N2O3. The summed E-state index contributed by atoms with van der Waals surface area (Å²) >= 11 is 0. The van der Waals surface area contributed by atoms with Gasteiger partial charge in [0.05, 0.1) is 12.0 Å². The first-order valence-electron chi connectivity index (χ1n) is 6.49. The number of carboxylic acid groups (broad SMARTS) is 1. The maximum atomic E-state index is 12.2.